The van der Waals surface area contributed by atoms with Crippen molar-refractivity contribution in [2.24, 2.45) is 0 Å². The number of hydrogen-bond acceptors (Lipinski definition) is 2. The number of nitrogens with one attached hydrogen (secondary N) is 1. The molecule has 3 nitrogen and oxygen atoms in total. The molecule has 2 atom stereocenters. The Morgan fingerprint density at radius 2 is 1.63 bits per heavy atom. The number of nitrogens with two attached hydrogens (primary N) is 1. The van der Waals surface area contributed by atoms with Gasteiger partial charge in [0.25, 0.3) is 0 Å². The van der Waals surface area contributed by atoms with Crippen molar-refractivity contribution in [2.45, 2.75) is 19.1 Å². The van der Waals surface area contributed by atoms with Gasteiger partial charge in [-0.2, -0.15) is 0 Å². The molecule has 0 spiro atoms. The number of para-hydroxylation sites is 1. The fourth-order valence-electron chi connectivity index (χ4n) is 3.45. The summed E-state index contributed by atoms with van der Waals surface area (Å²) >= 11 is 6.06. The van der Waals surface area contributed by atoms with E-state index < -0.39 is 0 Å². The van der Waals surface area contributed by atoms with E-state index in [2.05, 4.69) is 47.9 Å². The monoisotopic (exact) mass is 377 g/mol. The number of halogens is 1. The molecular formula is C23H22ClN2O+. The van der Waals surface area contributed by atoms with Crippen LogP contribution in [0.1, 0.15) is 34.5 Å². The highest BCUT2D eigenvalue weighted by molar-refractivity contribution is 6.30. The van der Waals surface area contributed by atoms with Crippen molar-refractivity contribution in [3.8, 4) is 5.75 Å². The maximum atomic E-state index is 10.4. The highest BCUT2D eigenvalue weighted by Gasteiger charge is 2.29. The number of aromatic hydroxyl groups is 1. The zero-order valence-electron chi connectivity index (χ0n) is 15.1. The van der Waals surface area contributed by atoms with Crippen LogP contribution in [0.4, 0.5) is 0 Å². The molecule has 0 aliphatic carbocycles. The normalized spacial score (nSPS) is 19.3. The second-order valence-corrected chi connectivity index (χ2v) is 7.33. The van der Waals surface area contributed by atoms with Gasteiger partial charge in [-0.3, -0.25) is 0 Å². The average molecular weight is 378 g/mol. The lowest BCUT2D eigenvalue weighted by Gasteiger charge is -2.30. The highest BCUT2D eigenvalue weighted by Crippen LogP contribution is 2.29. The first-order chi connectivity index (χ1) is 13.1. The maximum Gasteiger partial charge on any atom is 0.186 e. The summed E-state index contributed by atoms with van der Waals surface area (Å²) in [5.74, 6) is 0.315. The van der Waals surface area contributed by atoms with Crippen molar-refractivity contribution in [3.63, 3.8) is 0 Å². The summed E-state index contributed by atoms with van der Waals surface area (Å²) in [6.45, 7) is 2.08. The van der Waals surface area contributed by atoms with Gasteiger partial charge in [0, 0.05) is 22.4 Å². The fourth-order valence-corrected chi connectivity index (χ4v) is 3.57. The van der Waals surface area contributed by atoms with E-state index in [4.69, 9.17) is 11.6 Å². The van der Waals surface area contributed by atoms with Crippen LogP contribution < -0.4 is 10.6 Å². The van der Waals surface area contributed by atoms with Crippen LogP contribution in [-0.4, -0.2) is 5.11 Å². The topological polar surface area (TPSA) is 48.9 Å². The van der Waals surface area contributed by atoms with E-state index in [1.807, 2.05) is 42.5 Å². The van der Waals surface area contributed by atoms with Gasteiger partial charge in [-0.25, -0.2) is 0 Å². The van der Waals surface area contributed by atoms with E-state index >= 15 is 0 Å². The predicted octanol–water partition coefficient (Wildman–Crippen LogP) is 4.30. The summed E-state index contributed by atoms with van der Waals surface area (Å²) in [5.41, 5.74) is 5.46. The summed E-state index contributed by atoms with van der Waals surface area (Å²) in [6.07, 6.45) is 2.19. The number of hydrogen-bond donors (Lipinski definition) is 3. The van der Waals surface area contributed by atoms with Crippen LogP contribution in [0.15, 0.2) is 78.9 Å². The zero-order chi connectivity index (χ0) is 18.8. The van der Waals surface area contributed by atoms with E-state index in [9.17, 15) is 5.11 Å². The van der Waals surface area contributed by atoms with Crippen molar-refractivity contribution >= 4 is 17.3 Å². The van der Waals surface area contributed by atoms with Crippen molar-refractivity contribution < 1.29 is 10.4 Å². The lowest BCUT2D eigenvalue weighted by Crippen LogP contribution is -2.89. The van der Waals surface area contributed by atoms with E-state index in [1.54, 1.807) is 6.07 Å². The van der Waals surface area contributed by atoms with E-state index in [-0.39, 0.29) is 12.2 Å². The van der Waals surface area contributed by atoms with Crippen LogP contribution in [0.5, 0.6) is 5.75 Å². The third-order valence-corrected chi connectivity index (χ3v) is 5.20. The first-order valence-electron chi connectivity index (χ1n) is 9.04. The second kappa shape index (κ2) is 7.47. The Morgan fingerprint density at radius 3 is 2.33 bits per heavy atom. The number of quaternary nitrogens is 1. The largest absolute Gasteiger partial charge is 0.507 e. The SMILES string of the molecule is Cc1ccc(C2=CC(c3ccccc3O)[NH2+]C(c3ccc(Cl)cc3)N2)cc1. The molecule has 0 radical (unpaired) electrons. The molecule has 0 saturated heterocycles. The highest BCUT2D eigenvalue weighted by atomic mass is 35.5. The predicted molar refractivity (Wildman–Crippen MR) is 109 cm³/mol. The standard InChI is InChI=1S/C23H21ClN2O/c1-15-6-8-16(9-7-15)20-14-21(19-4-2-3-5-22(19)27)26-23(25-20)17-10-12-18(24)13-11-17/h2-14,21,23,25-27H,1H3/p+1. The molecule has 1 aliphatic rings. The molecular weight excluding hydrogens is 356 g/mol. The van der Waals surface area contributed by atoms with Crippen molar-refractivity contribution in [1.29, 1.82) is 0 Å². The Hall–Kier alpha value is -2.75. The van der Waals surface area contributed by atoms with Gasteiger partial charge in [-0.1, -0.05) is 53.6 Å². The van der Waals surface area contributed by atoms with Crippen LogP contribution >= 0.6 is 11.6 Å². The summed E-state index contributed by atoms with van der Waals surface area (Å²) in [6, 6.07) is 23.9. The fraction of sp³-hybridized carbons (Fsp3) is 0.130. The van der Waals surface area contributed by atoms with Gasteiger partial charge in [0.05, 0.1) is 5.56 Å². The summed E-state index contributed by atoms with van der Waals surface area (Å²) in [5, 5.41) is 16.9. The second-order valence-electron chi connectivity index (χ2n) is 6.90. The number of phenolic OH excluding ortho intramolecular Hbond substituents is 1. The quantitative estimate of drug-likeness (QED) is 0.637. The third-order valence-electron chi connectivity index (χ3n) is 4.94. The zero-order valence-corrected chi connectivity index (χ0v) is 15.8. The van der Waals surface area contributed by atoms with Crippen LogP contribution in [0.25, 0.3) is 5.70 Å². The molecule has 1 heterocycles. The van der Waals surface area contributed by atoms with Gasteiger partial charge in [0.2, 0.25) is 0 Å². The van der Waals surface area contributed by atoms with Gasteiger partial charge in [0.15, 0.2) is 6.17 Å². The minimum absolute atomic E-state index is 0.00410. The Balaban J connectivity index is 1.75. The van der Waals surface area contributed by atoms with Gasteiger partial charge >= 0.3 is 0 Å². The molecule has 0 bridgehead atoms. The lowest BCUT2D eigenvalue weighted by atomic mass is 9.97. The smallest absolute Gasteiger partial charge is 0.186 e. The lowest BCUT2D eigenvalue weighted by molar-refractivity contribution is -0.731. The molecule has 0 fully saturated rings. The van der Waals surface area contributed by atoms with Gasteiger partial charge in [-0.05, 0) is 48.9 Å². The van der Waals surface area contributed by atoms with Crippen molar-refractivity contribution in [1.82, 2.24) is 5.32 Å². The Labute approximate surface area is 164 Å². The number of aryl methyl sites for hydroxylation is 1. The molecule has 27 heavy (non-hydrogen) atoms. The van der Waals surface area contributed by atoms with Crippen LogP contribution in [0, 0.1) is 6.92 Å². The summed E-state index contributed by atoms with van der Waals surface area (Å²) in [4.78, 5) is 0. The van der Waals surface area contributed by atoms with E-state index in [0.29, 0.717) is 5.75 Å². The molecule has 4 rings (SSSR count). The van der Waals surface area contributed by atoms with Crippen LogP contribution in [0.2, 0.25) is 5.02 Å². The minimum atomic E-state index is 0.00410. The van der Waals surface area contributed by atoms with Gasteiger partial charge in [0.1, 0.15) is 11.8 Å². The van der Waals surface area contributed by atoms with Gasteiger partial charge < -0.3 is 15.7 Å². The molecule has 1 aliphatic heterocycles. The van der Waals surface area contributed by atoms with Crippen molar-refractivity contribution in [2.75, 3.05) is 0 Å². The maximum absolute atomic E-state index is 10.4. The molecule has 0 aromatic heterocycles. The third kappa shape index (κ3) is 3.85. The molecule has 136 valence electrons. The van der Waals surface area contributed by atoms with Gasteiger partial charge in [-0.15, -0.1) is 0 Å². The van der Waals surface area contributed by atoms with E-state index in [1.165, 1.54) is 5.56 Å². The van der Waals surface area contributed by atoms with Crippen molar-refractivity contribution in [3.05, 3.63) is 106 Å². The van der Waals surface area contributed by atoms with Crippen LogP contribution in [-0.2, 0) is 0 Å². The Bertz CT molecular complexity index is 964. The number of phenols is 1. The average Bonchev–Trinajstić information content (AvgIpc) is 2.69. The molecule has 0 saturated carbocycles. The Kier molecular flexibility index (Phi) is 4.88. The minimum Gasteiger partial charge on any atom is -0.507 e. The number of benzene rings is 3. The molecule has 4 heteroatoms. The Morgan fingerprint density at radius 1 is 0.926 bits per heavy atom. The molecule has 3 aromatic carbocycles. The molecule has 0 amide bonds. The summed E-state index contributed by atoms with van der Waals surface area (Å²) in [7, 11) is 0. The number of rotatable bonds is 3. The molecule has 4 N–H and O–H groups in total. The van der Waals surface area contributed by atoms with E-state index in [0.717, 1.165) is 27.4 Å². The first kappa shape index (κ1) is 17.7. The molecule has 3 aromatic rings. The summed E-state index contributed by atoms with van der Waals surface area (Å²) < 4.78 is 0. The first-order valence-corrected chi connectivity index (χ1v) is 9.42. The van der Waals surface area contributed by atoms with Crippen LogP contribution in [0.3, 0.4) is 0 Å². The molecule has 2 unspecified atom stereocenters.